The molecule has 0 aromatic carbocycles. The SMILES string of the molecule is CCCCCCCCCC(CCCCCCC)COP(=O)([O-])[O-].[K+].[K+]. The van der Waals surface area contributed by atoms with Gasteiger partial charge in [0.1, 0.15) is 0 Å². The first kappa shape index (κ1) is 33.0. The molecule has 1 unspecified atom stereocenters. The Hall–Kier alpha value is 3.38. The summed E-state index contributed by atoms with van der Waals surface area (Å²) in [5, 5.41) is 0. The van der Waals surface area contributed by atoms with Crippen molar-refractivity contribution in [3.05, 3.63) is 0 Å². The van der Waals surface area contributed by atoms with Crippen LogP contribution in [0.5, 0.6) is 0 Å². The summed E-state index contributed by atoms with van der Waals surface area (Å²) in [6, 6.07) is 0. The molecule has 0 radical (unpaired) electrons. The summed E-state index contributed by atoms with van der Waals surface area (Å²) in [6.07, 6.45) is 16.7. The van der Waals surface area contributed by atoms with Crippen LogP contribution in [0.25, 0.3) is 0 Å². The Balaban J connectivity index is -0.00000242. The average Bonchev–Trinajstić information content (AvgIpc) is 2.49. The molecule has 0 aliphatic carbocycles. The van der Waals surface area contributed by atoms with Crippen LogP contribution in [0.2, 0.25) is 0 Å². The van der Waals surface area contributed by atoms with Crippen LogP contribution in [0.15, 0.2) is 0 Å². The molecule has 0 rings (SSSR count). The maximum absolute atomic E-state index is 10.7. The topological polar surface area (TPSA) is 72.4 Å². The third kappa shape index (κ3) is 27.4. The van der Waals surface area contributed by atoms with Gasteiger partial charge in [-0.25, -0.2) is 0 Å². The second-order valence-corrected chi connectivity index (χ2v) is 7.87. The van der Waals surface area contributed by atoms with E-state index < -0.39 is 7.82 Å². The molecule has 0 bridgehead atoms. The Morgan fingerprint density at radius 2 is 1.08 bits per heavy atom. The normalized spacial score (nSPS) is 12.3. The van der Waals surface area contributed by atoms with Gasteiger partial charge in [0, 0.05) is 0 Å². The molecule has 0 spiro atoms. The number of rotatable bonds is 17. The minimum absolute atomic E-state index is 0. The molecule has 0 amide bonds. The Bertz CT molecular complexity index is 301. The molecule has 0 aliphatic heterocycles. The van der Waals surface area contributed by atoms with Crippen molar-refractivity contribution >= 4 is 7.82 Å². The monoisotopic (exact) mass is 426 g/mol. The Morgan fingerprint density at radius 3 is 1.44 bits per heavy atom. The molecule has 4 nitrogen and oxygen atoms in total. The second kappa shape index (κ2) is 23.7. The molecular weight excluding hydrogens is 389 g/mol. The zero-order chi connectivity index (χ0) is 17.4. The van der Waals surface area contributed by atoms with E-state index in [0.29, 0.717) is 0 Å². The van der Waals surface area contributed by atoms with E-state index in [-0.39, 0.29) is 115 Å². The smallest absolute Gasteiger partial charge is 0.790 e. The summed E-state index contributed by atoms with van der Waals surface area (Å²) in [6.45, 7) is 4.49. The average molecular weight is 427 g/mol. The summed E-state index contributed by atoms with van der Waals surface area (Å²) >= 11 is 0. The van der Waals surface area contributed by atoms with Gasteiger partial charge in [-0.3, -0.25) is 0 Å². The standard InChI is InChI=1S/C18H39O4P.2K/c1-3-5-7-9-10-12-14-16-18(17-22-23(19,20)21)15-13-11-8-6-4-2;;/h18H,3-17H2,1-2H3,(H2,19,20,21);;/q;2*+1/p-2. The number of hydrogen-bond acceptors (Lipinski definition) is 4. The van der Waals surface area contributed by atoms with E-state index in [0.717, 1.165) is 25.7 Å². The molecule has 0 saturated carbocycles. The molecule has 0 aromatic heterocycles. The van der Waals surface area contributed by atoms with Gasteiger partial charge < -0.3 is 18.9 Å². The second-order valence-electron chi connectivity index (χ2n) is 6.72. The molecule has 25 heavy (non-hydrogen) atoms. The van der Waals surface area contributed by atoms with Crippen molar-refractivity contribution in [3.8, 4) is 0 Å². The van der Waals surface area contributed by atoms with Crippen LogP contribution >= 0.6 is 7.82 Å². The molecule has 0 aromatic rings. The molecule has 0 aliphatic rings. The van der Waals surface area contributed by atoms with Gasteiger partial charge in [-0.1, -0.05) is 90.9 Å². The van der Waals surface area contributed by atoms with Gasteiger partial charge in [-0.2, -0.15) is 0 Å². The molecule has 0 heterocycles. The van der Waals surface area contributed by atoms with Crippen LogP contribution in [-0.4, -0.2) is 6.61 Å². The third-order valence-corrected chi connectivity index (χ3v) is 4.87. The van der Waals surface area contributed by atoms with Crippen molar-refractivity contribution in [1.29, 1.82) is 0 Å². The van der Waals surface area contributed by atoms with Crippen molar-refractivity contribution in [2.75, 3.05) is 6.61 Å². The van der Waals surface area contributed by atoms with E-state index in [1.165, 1.54) is 64.2 Å². The van der Waals surface area contributed by atoms with E-state index in [4.69, 9.17) is 0 Å². The largest absolute Gasteiger partial charge is 1.00 e. The molecule has 0 fully saturated rings. The summed E-state index contributed by atoms with van der Waals surface area (Å²) in [4.78, 5) is 21.4. The number of phosphoric ester groups is 1. The maximum atomic E-state index is 10.7. The summed E-state index contributed by atoms with van der Waals surface area (Å²) < 4.78 is 15.2. The molecule has 140 valence electrons. The zero-order valence-electron chi connectivity index (χ0n) is 17.3. The summed E-state index contributed by atoms with van der Waals surface area (Å²) in [7, 11) is -4.83. The first-order chi connectivity index (χ1) is 11.0. The minimum atomic E-state index is -4.83. The van der Waals surface area contributed by atoms with E-state index in [9.17, 15) is 14.4 Å². The summed E-state index contributed by atoms with van der Waals surface area (Å²) in [5.41, 5.74) is 0. The van der Waals surface area contributed by atoms with Crippen molar-refractivity contribution < 1.29 is 122 Å². The predicted octanol–water partition coefficient (Wildman–Crippen LogP) is -1.04. The first-order valence-electron chi connectivity index (χ1n) is 9.66. The fourth-order valence-corrected chi connectivity index (χ4v) is 3.33. The molecule has 0 saturated heterocycles. The van der Waals surface area contributed by atoms with Crippen LogP contribution in [0.1, 0.15) is 104 Å². The Kier molecular flexibility index (Phi) is 31.3. The minimum Gasteiger partial charge on any atom is -0.790 e. The third-order valence-electron chi connectivity index (χ3n) is 4.40. The van der Waals surface area contributed by atoms with Gasteiger partial charge in [0.2, 0.25) is 0 Å². The fraction of sp³-hybridized carbons (Fsp3) is 1.00. The Morgan fingerprint density at radius 1 is 0.720 bits per heavy atom. The van der Waals surface area contributed by atoms with E-state index >= 15 is 0 Å². The fourth-order valence-electron chi connectivity index (χ4n) is 2.93. The van der Waals surface area contributed by atoms with Gasteiger partial charge in [0.25, 0.3) is 0 Å². The van der Waals surface area contributed by atoms with E-state index in [1.807, 2.05) is 0 Å². The van der Waals surface area contributed by atoms with Crippen LogP contribution in [0, 0.1) is 5.92 Å². The molecular formula is C18H37K2O4P. The van der Waals surface area contributed by atoms with Gasteiger partial charge in [-0.15, -0.1) is 0 Å². The van der Waals surface area contributed by atoms with Crippen molar-refractivity contribution in [2.45, 2.75) is 104 Å². The summed E-state index contributed by atoms with van der Waals surface area (Å²) in [5.74, 6) is 0.212. The van der Waals surface area contributed by atoms with E-state index in [2.05, 4.69) is 18.4 Å². The van der Waals surface area contributed by atoms with Crippen LogP contribution in [0.4, 0.5) is 0 Å². The predicted molar refractivity (Wildman–Crippen MR) is 93.0 cm³/mol. The van der Waals surface area contributed by atoms with Gasteiger partial charge in [0.15, 0.2) is 0 Å². The quantitative estimate of drug-likeness (QED) is 0.169. The van der Waals surface area contributed by atoms with Gasteiger partial charge in [0.05, 0.1) is 14.4 Å². The van der Waals surface area contributed by atoms with Crippen LogP contribution < -0.4 is 113 Å². The number of unbranched alkanes of at least 4 members (excludes halogenated alkanes) is 10. The Labute approximate surface area is 241 Å². The van der Waals surface area contributed by atoms with Gasteiger partial charge >= 0.3 is 103 Å². The maximum Gasteiger partial charge on any atom is 1.00 e. The van der Waals surface area contributed by atoms with Crippen molar-refractivity contribution in [3.63, 3.8) is 0 Å². The van der Waals surface area contributed by atoms with Crippen LogP contribution in [0.3, 0.4) is 0 Å². The van der Waals surface area contributed by atoms with Gasteiger partial charge in [-0.05, 0) is 18.8 Å². The van der Waals surface area contributed by atoms with Crippen LogP contribution in [-0.2, 0) is 9.09 Å². The van der Waals surface area contributed by atoms with Crippen molar-refractivity contribution in [2.24, 2.45) is 5.92 Å². The van der Waals surface area contributed by atoms with Crippen molar-refractivity contribution in [1.82, 2.24) is 0 Å². The number of phosphoric acid groups is 1. The molecule has 7 heteroatoms. The first-order valence-corrected chi connectivity index (χ1v) is 11.1. The van der Waals surface area contributed by atoms with E-state index in [1.54, 1.807) is 0 Å². The molecule has 0 N–H and O–H groups in total. The molecule has 1 atom stereocenters. The zero-order valence-corrected chi connectivity index (χ0v) is 24.4. The number of hydrogen-bond donors (Lipinski definition) is 0.